The maximum Gasteiger partial charge on any atom is 0.246 e. The number of likely N-dealkylation sites (N-methyl/N-ethyl adjacent to an activating group) is 1. The van der Waals surface area contributed by atoms with Crippen LogP contribution in [0.25, 0.3) is 5.57 Å². The maximum atomic E-state index is 13.4. The molecule has 1 aromatic heterocycles. The fraction of sp³-hybridized carbons (Fsp3) is 0.720. The number of nitrogens with zero attached hydrogens (tertiary/aromatic N) is 6. The van der Waals surface area contributed by atoms with E-state index in [9.17, 15) is 9.59 Å². The van der Waals surface area contributed by atoms with Crippen LogP contribution in [-0.4, -0.2) is 93.9 Å². The predicted molar refractivity (Wildman–Crippen MR) is 130 cm³/mol. The molecular formula is C25H38N6O4. The highest BCUT2D eigenvalue weighted by atomic mass is 16.5. The molecule has 2 saturated carbocycles. The number of hydrogen-bond donors (Lipinski definition) is 0. The van der Waals surface area contributed by atoms with Gasteiger partial charge in [-0.05, 0) is 37.0 Å². The molecule has 2 fully saturated rings. The number of amides is 2. The van der Waals surface area contributed by atoms with E-state index in [-0.39, 0.29) is 49.2 Å². The number of carbonyl (C=O) groups excluding carboxylic acids is 2. The zero-order valence-corrected chi connectivity index (χ0v) is 21.1. The van der Waals surface area contributed by atoms with Crippen molar-refractivity contribution in [3.63, 3.8) is 0 Å². The Morgan fingerprint density at radius 2 is 1.63 bits per heavy atom. The van der Waals surface area contributed by atoms with Crippen LogP contribution < -0.4 is 0 Å². The van der Waals surface area contributed by atoms with Gasteiger partial charge in [-0.3, -0.25) is 9.59 Å². The third-order valence-electron chi connectivity index (χ3n) is 7.57. The highest BCUT2D eigenvalue weighted by Crippen LogP contribution is 2.26. The zero-order valence-electron chi connectivity index (χ0n) is 21.1. The summed E-state index contributed by atoms with van der Waals surface area (Å²) in [7, 11) is 5.13. The summed E-state index contributed by atoms with van der Waals surface area (Å²) in [5.74, 6) is 0.294. The van der Waals surface area contributed by atoms with Crippen LogP contribution in [0.1, 0.15) is 63.6 Å². The van der Waals surface area contributed by atoms with Crippen LogP contribution in [0, 0.1) is 0 Å². The van der Waals surface area contributed by atoms with Gasteiger partial charge in [0, 0.05) is 38.9 Å². The first-order valence-corrected chi connectivity index (χ1v) is 12.8. The smallest absolute Gasteiger partial charge is 0.246 e. The molecule has 10 heteroatoms. The van der Waals surface area contributed by atoms with Crippen molar-refractivity contribution < 1.29 is 19.1 Å². The molecule has 1 unspecified atom stereocenters. The molecule has 0 N–H and O–H groups in total. The Kier molecular flexibility index (Phi) is 8.67. The van der Waals surface area contributed by atoms with Gasteiger partial charge in [-0.2, -0.15) is 4.80 Å². The lowest BCUT2D eigenvalue weighted by atomic mass is 9.94. The van der Waals surface area contributed by atoms with Crippen molar-refractivity contribution in [1.29, 1.82) is 0 Å². The molecule has 0 bridgehead atoms. The molecule has 192 valence electrons. The van der Waals surface area contributed by atoms with Crippen LogP contribution >= 0.6 is 0 Å². The lowest BCUT2D eigenvalue weighted by Gasteiger charge is -2.35. The van der Waals surface area contributed by atoms with Crippen LogP contribution in [0.15, 0.2) is 18.2 Å². The fourth-order valence-electron chi connectivity index (χ4n) is 5.40. The Labute approximate surface area is 207 Å². The minimum Gasteiger partial charge on any atom is -0.374 e. The van der Waals surface area contributed by atoms with Gasteiger partial charge in [0.1, 0.15) is 25.3 Å². The van der Waals surface area contributed by atoms with Crippen molar-refractivity contribution in [2.24, 2.45) is 0 Å². The van der Waals surface area contributed by atoms with Gasteiger partial charge in [-0.15, -0.1) is 10.2 Å². The summed E-state index contributed by atoms with van der Waals surface area (Å²) in [4.78, 5) is 31.5. The minimum atomic E-state index is -0.252. The van der Waals surface area contributed by atoms with Gasteiger partial charge >= 0.3 is 0 Å². The van der Waals surface area contributed by atoms with Gasteiger partial charge in [0.25, 0.3) is 0 Å². The van der Waals surface area contributed by atoms with Crippen LogP contribution in [0.2, 0.25) is 0 Å². The van der Waals surface area contributed by atoms with E-state index >= 15 is 0 Å². The predicted octanol–water partition coefficient (Wildman–Crippen LogP) is 2.22. The summed E-state index contributed by atoms with van der Waals surface area (Å²) in [5.41, 5.74) is 0.765. The monoisotopic (exact) mass is 486 g/mol. The Morgan fingerprint density at radius 3 is 2.31 bits per heavy atom. The van der Waals surface area contributed by atoms with Gasteiger partial charge < -0.3 is 19.3 Å². The standard InChI is InChI=1S/C25H38N6O4/c1-29(19-9-7-8-10-19)23(32)16-30(20-11-5-4-6-12-20)24(33)17-31-27-25(26-28-31)18-13-14-21(34-2)22(15-18)35-3/h13-15,19-22H,4-12,16-17H2,1-3H3/t21-,22?/m1/s1. The molecule has 1 aromatic rings. The van der Waals surface area contributed by atoms with E-state index in [0.29, 0.717) is 5.82 Å². The topological polar surface area (TPSA) is 103 Å². The van der Waals surface area contributed by atoms with Crippen molar-refractivity contribution in [3.8, 4) is 0 Å². The average molecular weight is 487 g/mol. The van der Waals surface area contributed by atoms with E-state index < -0.39 is 0 Å². The lowest BCUT2D eigenvalue weighted by molar-refractivity contribution is -0.144. The summed E-state index contributed by atoms with van der Waals surface area (Å²) >= 11 is 0. The summed E-state index contributed by atoms with van der Waals surface area (Å²) in [6, 6.07) is 0.369. The number of methoxy groups -OCH3 is 2. The molecule has 3 aliphatic carbocycles. The van der Waals surface area contributed by atoms with Gasteiger partial charge in [0.2, 0.25) is 17.6 Å². The number of rotatable bonds is 9. The number of aromatic nitrogens is 4. The Balaban J connectivity index is 1.44. The lowest BCUT2D eigenvalue weighted by Crippen LogP contribution is -2.50. The second kappa shape index (κ2) is 11.9. The van der Waals surface area contributed by atoms with E-state index in [1.54, 1.807) is 19.1 Å². The third-order valence-corrected chi connectivity index (χ3v) is 7.57. The number of hydrogen-bond acceptors (Lipinski definition) is 7. The number of allylic oxidation sites excluding steroid dienone is 2. The first-order valence-electron chi connectivity index (χ1n) is 12.8. The second-order valence-electron chi connectivity index (χ2n) is 9.78. The molecule has 0 saturated heterocycles. The molecule has 2 amide bonds. The maximum absolute atomic E-state index is 13.4. The Morgan fingerprint density at radius 1 is 0.971 bits per heavy atom. The van der Waals surface area contributed by atoms with Crippen LogP contribution in [0.3, 0.4) is 0 Å². The quantitative estimate of drug-likeness (QED) is 0.527. The number of ether oxygens (including phenoxy) is 2. The van der Waals surface area contributed by atoms with Crippen LogP contribution in [0.4, 0.5) is 0 Å². The number of carbonyl (C=O) groups is 2. The SMILES string of the molecule is COC1C=C(c2nnn(CC(=O)N(CC(=O)N(C)C3CCCC3)C3CCCCC3)n2)C=C[C@H]1OC. The molecule has 2 atom stereocenters. The van der Waals surface area contributed by atoms with E-state index in [2.05, 4.69) is 15.4 Å². The Bertz CT molecular complexity index is 932. The van der Waals surface area contributed by atoms with E-state index in [1.807, 2.05) is 30.2 Å². The van der Waals surface area contributed by atoms with Crippen molar-refractivity contribution in [2.45, 2.75) is 88.6 Å². The van der Waals surface area contributed by atoms with Crippen molar-refractivity contribution in [1.82, 2.24) is 30.0 Å². The van der Waals surface area contributed by atoms with Crippen molar-refractivity contribution in [3.05, 3.63) is 24.1 Å². The van der Waals surface area contributed by atoms with Crippen molar-refractivity contribution in [2.75, 3.05) is 27.8 Å². The molecule has 0 aliphatic heterocycles. The first-order chi connectivity index (χ1) is 17.0. The molecule has 0 spiro atoms. The second-order valence-corrected chi connectivity index (χ2v) is 9.78. The summed E-state index contributed by atoms with van der Waals surface area (Å²) in [5, 5.41) is 12.7. The highest BCUT2D eigenvalue weighted by Gasteiger charge is 2.31. The van der Waals surface area contributed by atoms with E-state index in [4.69, 9.17) is 9.47 Å². The molecule has 1 heterocycles. The third kappa shape index (κ3) is 6.16. The van der Waals surface area contributed by atoms with Gasteiger partial charge in [0.05, 0.1) is 0 Å². The fourth-order valence-corrected chi connectivity index (χ4v) is 5.40. The van der Waals surface area contributed by atoms with Crippen LogP contribution in [0.5, 0.6) is 0 Å². The summed E-state index contributed by atoms with van der Waals surface area (Å²) < 4.78 is 10.9. The van der Waals surface area contributed by atoms with E-state index in [0.717, 1.165) is 56.9 Å². The normalized spacial score (nSPS) is 23.3. The zero-order chi connectivity index (χ0) is 24.8. The average Bonchev–Trinajstić information content (AvgIpc) is 3.59. The highest BCUT2D eigenvalue weighted by molar-refractivity contribution is 5.85. The minimum absolute atomic E-state index is 0.0128. The number of tetrazole rings is 1. The Hall–Kier alpha value is -2.59. The largest absolute Gasteiger partial charge is 0.374 e. The van der Waals surface area contributed by atoms with Gasteiger partial charge in [-0.1, -0.05) is 44.3 Å². The first kappa shape index (κ1) is 25.5. The van der Waals surface area contributed by atoms with Gasteiger partial charge in [-0.25, -0.2) is 0 Å². The van der Waals surface area contributed by atoms with Crippen LogP contribution in [-0.2, 0) is 25.6 Å². The molecule has 3 aliphatic rings. The summed E-state index contributed by atoms with van der Waals surface area (Å²) in [6.07, 6.45) is 14.8. The molecule has 10 nitrogen and oxygen atoms in total. The van der Waals surface area contributed by atoms with Gasteiger partial charge in [0.15, 0.2) is 0 Å². The van der Waals surface area contributed by atoms with E-state index in [1.165, 1.54) is 11.2 Å². The molecule has 35 heavy (non-hydrogen) atoms. The summed E-state index contributed by atoms with van der Waals surface area (Å²) in [6.45, 7) is 0.0647. The molecule has 4 rings (SSSR count). The molecule has 0 aromatic carbocycles. The molecular weight excluding hydrogens is 448 g/mol. The van der Waals surface area contributed by atoms with Crippen molar-refractivity contribution >= 4 is 17.4 Å². The molecule has 0 radical (unpaired) electrons.